The quantitative estimate of drug-likeness (QED) is 0.815. The Morgan fingerprint density at radius 1 is 1.30 bits per heavy atom. The minimum absolute atomic E-state index is 0.766. The standard InChI is InChI=1S/C16H26N2OS/c1-14-12-15(13-17-6-9-19-2)4-5-16(14)18-7-3-10-20-11-8-18/h4-5,12,17H,3,6-11,13H2,1-2H3. The molecule has 20 heavy (non-hydrogen) atoms. The molecule has 0 saturated carbocycles. The first-order chi connectivity index (χ1) is 9.81. The molecule has 0 aromatic heterocycles. The van der Waals surface area contributed by atoms with Crippen LogP contribution in [0.3, 0.4) is 0 Å². The summed E-state index contributed by atoms with van der Waals surface area (Å²) in [7, 11) is 1.74. The largest absolute Gasteiger partial charge is 0.383 e. The molecule has 0 amide bonds. The van der Waals surface area contributed by atoms with Crippen molar-refractivity contribution in [2.24, 2.45) is 0 Å². The first-order valence-electron chi connectivity index (χ1n) is 7.43. The Morgan fingerprint density at radius 3 is 3.00 bits per heavy atom. The normalized spacial score (nSPS) is 16.2. The number of benzene rings is 1. The van der Waals surface area contributed by atoms with Crippen LogP contribution in [-0.4, -0.2) is 44.9 Å². The first kappa shape index (κ1) is 15.7. The summed E-state index contributed by atoms with van der Waals surface area (Å²) < 4.78 is 5.04. The summed E-state index contributed by atoms with van der Waals surface area (Å²) in [6, 6.07) is 6.85. The van der Waals surface area contributed by atoms with Gasteiger partial charge >= 0.3 is 0 Å². The van der Waals surface area contributed by atoms with Crippen molar-refractivity contribution < 1.29 is 4.74 Å². The van der Waals surface area contributed by atoms with Crippen molar-refractivity contribution in [1.82, 2.24) is 5.32 Å². The Kier molecular flexibility index (Phi) is 6.70. The maximum Gasteiger partial charge on any atom is 0.0587 e. The van der Waals surface area contributed by atoms with E-state index in [4.69, 9.17) is 4.74 Å². The molecule has 0 unspecified atom stereocenters. The van der Waals surface area contributed by atoms with Crippen molar-refractivity contribution >= 4 is 17.4 Å². The smallest absolute Gasteiger partial charge is 0.0587 e. The predicted molar refractivity (Wildman–Crippen MR) is 88.9 cm³/mol. The lowest BCUT2D eigenvalue weighted by atomic mass is 10.1. The molecular formula is C16H26N2OS. The molecule has 1 heterocycles. The second kappa shape index (κ2) is 8.55. The van der Waals surface area contributed by atoms with Gasteiger partial charge in [0, 0.05) is 44.7 Å². The van der Waals surface area contributed by atoms with Crippen LogP contribution in [0.4, 0.5) is 5.69 Å². The molecule has 1 aromatic carbocycles. The highest BCUT2D eigenvalue weighted by atomic mass is 32.2. The van der Waals surface area contributed by atoms with Crippen LogP contribution in [0.25, 0.3) is 0 Å². The van der Waals surface area contributed by atoms with E-state index in [1.165, 1.54) is 47.8 Å². The fourth-order valence-electron chi connectivity index (χ4n) is 2.58. The van der Waals surface area contributed by atoms with Crippen LogP contribution >= 0.6 is 11.8 Å². The summed E-state index contributed by atoms with van der Waals surface area (Å²) in [5, 5.41) is 3.40. The molecule has 0 atom stereocenters. The SMILES string of the molecule is COCCNCc1ccc(N2CCCSCC2)c(C)c1. The monoisotopic (exact) mass is 294 g/mol. The summed E-state index contributed by atoms with van der Waals surface area (Å²) in [4.78, 5) is 2.54. The number of thioether (sulfide) groups is 1. The van der Waals surface area contributed by atoms with Gasteiger partial charge in [-0.3, -0.25) is 0 Å². The van der Waals surface area contributed by atoms with Crippen molar-refractivity contribution in [3.8, 4) is 0 Å². The predicted octanol–water partition coefficient (Wildman–Crippen LogP) is 2.67. The van der Waals surface area contributed by atoms with Gasteiger partial charge in [0.1, 0.15) is 0 Å². The highest BCUT2D eigenvalue weighted by molar-refractivity contribution is 7.99. The molecule has 4 heteroatoms. The number of hydrogen-bond acceptors (Lipinski definition) is 4. The molecule has 1 fully saturated rings. The van der Waals surface area contributed by atoms with E-state index < -0.39 is 0 Å². The van der Waals surface area contributed by atoms with Gasteiger partial charge in [-0.25, -0.2) is 0 Å². The summed E-state index contributed by atoms with van der Waals surface area (Å²) in [6.07, 6.45) is 1.30. The van der Waals surface area contributed by atoms with E-state index in [0.29, 0.717) is 0 Å². The first-order valence-corrected chi connectivity index (χ1v) is 8.58. The van der Waals surface area contributed by atoms with E-state index in [9.17, 15) is 0 Å². The van der Waals surface area contributed by atoms with E-state index in [1.54, 1.807) is 7.11 Å². The molecule has 1 N–H and O–H groups in total. The van der Waals surface area contributed by atoms with Crippen molar-refractivity contribution in [2.75, 3.05) is 49.8 Å². The van der Waals surface area contributed by atoms with Crippen molar-refractivity contribution in [3.63, 3.8) is 0 Å². The van der Waals surface area contributed by atoms with Crippen LogP contribution in [-0.2, 0) is 11.3 Å². The number of aryl methyl sites for hydroxylation is 1. The van der Waals surface area contributed by atoms with E-state index in [-0.39, 0.29) is 0 Å². The van der Waals surface area contributed by atoms with Crippen LogP contribution < -0.4 is 10.2 Å². The van der Waals surface area contributed by atoms with Gasteiger partial charge in [0.2, 0.25) is 0 Å². The van der Waals surface area contributed by atoms with E-state index >= 15 is 0 Å². The fourth-order valence-corrected chi connectivity index (χ4v) is 3.46. The molecule has 0 bridgehead atoms. The summed E-state index contributed by atoms with van der Waals surface area (Å²) in [5.41, 5.74) is 4.16. The molecule has 2 rings (SSSR count). The van der Waals surface area contributed by atoms with Crippen molar-refractivity contribution in [2.45, 2.75) is 19.9 Å². The summed E-state index contributed by atoms with van der Waals surface area (Å²) in [6.45, 7) is 7.19. The van der Waals surface area contributed by atoms with Crippen LogP contribution in [0.2, 0.25) is 0 Å². The van der Waals surface area contributed by atoms with Crippen LogP contribution in [0.5, 0.6) is 0 Å². The van der Waals surface area contributed by atoms with Gasteiger partial charge in [-0.2, -0.15) is 11.8 Å². The maximum atomic E-state index is 5.04. The third-order valence-corrected chi connectivity index (χ3v) is 4.68. The second-order valence-corrected chi connectivity index (χ2v) is 6.47. The van der Waals surface area contributed by atoms with Crippen LogP contribution in [0.15, 0.2) is 18.2 Å². The Labute approximate surface area is 127 Å². The molecule has 112 valence electrons. The average molecular weight is 294 g/mol. The van der Waals surface area contributed by atoms with Crippen LogP contribution in [0.1, 0.15) is 17.5 Å². The van der Waals surface area contributed by atoms with Gasteiger partial charge in [-0.05, 0) is 36.3 Å². The molecule has 1 saturated heterocycles. The lowest BCUT2D eigenvalue weighted by Gasteiger charge is -2.24. The molecule has 1 aliphatic heterocycles. The molecule has 1 aromatic rings. The minimum Gasteiger partial charge on any atom is -0.383 e. The third-order valence-electron chi connectivity index (χ3n) is 3.64. The lowest BCUT2D eigenvalue weighted by molar-refractivity contribution is 0.199. The Hall–Kier alpha value is -0.710. The zero-order valence-electron chi connectivity index (χ0n) is 12.7. The topological polar surface area (TPSA) is 24.5 Å². The number of rotatable bonds is 6. The van der Waals surface area contributed by atoms with Crippen molar-refractivity contribution in [3.05, 3.63) is 29.3 Å². The number of nitrogens with zero attached hydrogens (tertiary/aromatic N) is 1. The van der Waals surface area contributed by atoms with Gasteiger partial charge in [0.25, 0.3) is 0 Å². The molecule has 0 spiro atoms. The van der Waals surface area contributed by atoms with Gasteiger partial charge in [0.15, 0.2) is 0 Å². The van der Waals surface area contributed by atoms with Crippen LogP contribution in [0, 0.1) is 6.92 Å². The van der Waals surface area contributed by atoms with Gasteiger partial charge in [0.05, 0.1) is 6.61 Å². The Morgan fingerprint density at radius 2 is 2.20 bits per heavy atom. The number of methoxy groups -OCH3 is 1. The van der Waals surface area contributed by atoms with Gasteiger partial charge < -0.3 is 15.0 Å². The van der Waals surface area contributed by atoms with E-state index in [0.717, 1.165) is 19.7 Å². The minimum atomic E-state index is 0.766. The highest BCUT2D eigenvalue weighted by Gasteiger charge is 2.12. The number of nitrogens with one attached hydrogen (secondary N) is 1. The number of ether oxygens (including phenoxy) is 1. The molecular weight excluding hydrogens is 268 g/mol. The fraction of sp³-hybridized carbons (Fsp3) is 0.625. The zero-order valence-corrected chi connectivity index (χ0v) is 13.5. The lowest BCUT2D eigenvalue weighted by Crippen LogP contribution is -2.26. The maximum absolute atomic E-state index is 5.04. The number of anilines is 1. The Balaban J connectivity index is 1.94. The number of hydrogen-bond donors (Lipinski definition) is 1. The van der Waals surface area contributed by atoms with Gasteiger partial charge in [-0.15, -0.1) is 0 Å². The molecule has 0 aliphatic carbocycles. The summed E-state index contributed by atoms with van der Waals surface area (Å²) in [5.74, 6) is 2.55. The molecule has 3 nitrogen and oxygen atoms in total. The average Bonchev–Trinajstić information content (AvgIpc) is 2.73. The second-order valence-electron chi connectivity index (χ2n) is 5.24. The van der Waals surface area contributed by atoms with Gasteiger partial charge in [-0.1, -0.05) is 12.1 Å². The third kappa shape index (κ3) is 4.69. The highest BCUT2D eigenvalue weighted by Crippen LogP contribution is 2.24. The van der Waals surface area contributed by atoms with Crippen molar-refractivity contribution in [1.29, 1.82) is 0 Å². The van der Waals surface area contributed by atoms with E-state index in [1.807, 2.05) is 0 Å². The molecule has 1 aliphatic rings. The van der Waals surface area contributed by atoms with E-state index in [2.05, 4.69) is 47.1 Å². The summed E-state index contributed by atoms with van der Waals surface area (Å²) >= 11 is 2.08. The Bertz CT molecular complexity index is 403. The zero-order chi connectivity index (χ0) is 14.2. The molecule has 0 radical (unpaired) electrons.